The number of allylic oxidation sites excluding steroid dienone is 1. The van der Waals surface area contributed by atoms with Gasteiger partial charge < -0.3 is 4.74 Å². The number of esters is 1. The highest BCUT2D eigenvalue weighted by molar-refractivity contribution is 5.93. The SMILES string of the molecule is C=C(CC1=C(C)C(C)(C)OC1=O)C(C)C. The molecule has 0 saturated carbocycles. The van der Waals surface area contributed by atoms with Gasteiger partial charge in [0, 0.05) is 12.0 Å². The van der Waals surface area contributed by atoms with E-state index in [1.54, 1.807) is 0 Å². The zero-order chi connectivity index (χ0) is 11.8. The predicted octanol–water partition coefficient (Wildman–Crippen LogP) is 3.24. The van der Waals surface area contributed by atoms with Crippen molar-refractivity contribution in [3.63, 3.8) is 0 Å². The lowest BCUT2D eigenvalue weighted by Crippen LogP contribution is -2.21. The first-order valence-corrected chi connectivity index (χ1v) is 5.37. The molecule has 0 amide bonds. The molecule has 1 heterocycles. The molecule has 15 heavy (non-hydrogen) atoms. The highest BCUT2D eigenvalue weighted by atomic mass is 16.6. The zero-order valence-corrected chi connectivity index (χ0v) is 10.3. The van der Waals surface area contributed by atoms with Gasteiger partial charge in [0.25, 0.3) is 0 Å². The van der Waals surface area contributed by atoms with E-state index in [4.69, 9.17) is 4.74 Å². The topological polar surface area (TPSA) is 26.3 Å². The van der Waals surface area contributed by atoms with Gasteiger partial charge >= 0.3 is 5.97 Å². The summed E-state index contributed by atoms with van der Waals surface area (Å²) in [7, 11) is 0. The molecule has 2 nitrogen and oxygen atoms in total. The molecule has 0 aromatic rings. The van der Waals surface area contributed by atoms with E-state index in [9.17, 15) is 4.79 Å². The molecule has 0 bridgehead atoms. The molecule has 0 spiro atoms. The van der Waals surface area contributed by atoms with Crippen LogP contribution in [0.1, 0.15) is 41.0 Å². The van der Waals surface area contributed by atoms with Gasteiger partial charge in [-0.05, 0) is 32.3 Å². The molecular weight excluding hydrogens is 188 g/mol. The Bertz CT molecular complexity index is 332. The first-order chi connectivity index (χ1) is 6.75. The van der Waals surface area contributed by atoms with Gasteiger partial charge in [0.05, 0.1) is 0 Å². The molecule has 0 radical (unpaired) electrons. The number of carbonyl (C=O) groups is 1. The average molecular weight is 208 g/mol. The normalized spacial score (nSPS) is 19.7. The van der Waals surface area contributed by atoms with Gasteiger partial charge in [-0.3, -0.25) is 0 Å². The molecular formula is C13H20O2. The minimum Gasteiger partial charge on any atom is -0.452 e. The van der Waals surface area contributed by atoms with Crippen molar-refractivity contribution in [2.75, 3.05) is 0 Å². The third kappa shape index (κ3) is 2.31. The van der Waals surface area contributed by atoms with Crippen molar-refractivity contribution in [2.24, 2.45) is 5.92 Å². The zero-order valence-electron chi connectivity index (χ0n) is 10.3. The maximum atomic E-state index is 11.6. The summed E-state index contributed by atoms with van der Waals surface area (Å²) in [5.74, 6) is 0.223. The van der Waals surface area contributed by atoms with Gasteiger partial charge in [0.1, 0.15) is 5.60 Å². The molecule has 1 aliphatic heterocycles. The molecule has 0 aliphatic carbocycles. The fourth-order valence-corrected chi connectivity index (χ4v) is 1.52. The van der Waals surface area contributed by atoms with Gasteiger partial charge in [0.15, 0.2) is 0 Å². The van der Waals surface area contributed by atoms with Crippen LogP contribution in [-0.2, 0) is 9.53 Å². The molecule has 0 atom stereocenters. The Labute approximate surface area is 92.0 Å². The smallest absolute Gasteiger partial charge is 0.335 e. The Kier molecular flexibility index (Phi) is 3.08. The van der Waals surface area contributed by atoms with E-state index in [1.165, 1.54) is 0 Å². The third-order valence-electron chi connectivity index (χ3n) is 3.17. The Morgan fingerprint density at radius 2 is 2.00 bits per heavy atom. The van der Waals surface area contributed by atoms with Crippen molar-refractivity contribution in [1.29, 1.82) is 0 Å². The summed E-state index contributed by atoms with van der Waals surface area (Å²) in [5, 5.41) is 0. The summed E-state index contributed by atoms with van der Waals surface area (Å²) in [5.41, 5.74) is 2.47. The van der Waals surface area contributed by atoms with Crippen LogP contribution in [0.4, 0.5) is 0 Å². The molecule has 1 rings (SSSR count). The van der Waals surface area contributed by atoms with Crippen molar-refractivity contribution in [3.8, 4) is 0 Å². The quantitative estimate of drug-likeness (QED) is 0.525. The van der Waals surface area contributed by atoms with Crippen LogP contribution in [0, 0.1) is 5.92 Å². The van der Waals surface area contributed by atoms with Crippen LogP contribution in [0.25, 0.3) is 0 Å². The maximum Gasteiger partial charge on any atom is 0.335 e. The molecule has 1 aliphatic rings. The lowest BCUT2D eigenvalue weighted by molar-refractivity contribution is -0.144. The Balaban J connectivity index is 2.90. The van der Waals surface area contributed by atoms with E-state index in [2.05, 4.69) is 20.4 Å². The molecule has 0 unspecified atom stereocenters. The van der Waals surface area contributed by atoms with Crippen LogP contribution in [-0.4, -0.2) is 11.6 Å². The molecule has 0 fully saturated rings. The number of rotatable bonds is 3. The van der Waals surface area contributed by atoms with Crippen LogP contribution in [0.15, 0.2) is 23.3 Å². The second-order valence-electron chi connectivity index (χ2n) is 4.99. The van der Waals surface area contributed by atoms with Crippen molar-refractivity contribution in [1.82, 2.24) is 0 Å². The molecule has 0 aromatic heterocycles. The molecule has 0 saturated heterocycles. The summed E-state index contributed by atoms with van der Waals surface area (Å²) < 4.78 is 5.30. The van der Waals surface area contributed by atoms with E-state index < -0.39 is 5.60 Å². The van der Waals surface area contributed by atoms with E-state index >= 15 is 0 Å². The van der Waals surface area contributed by atoms with E-state index in [-0.39, 0.29) is 5.97 Å². The minimum absolute atomic E-state index is 0.181. The largest absolute Gasteiger partial charge is 0.452 e. The van der Waals surface area contributed by atoms with Crippen LogP contribution in [0.3, 0.4) is 0 Å². The number of carbonyl (C=O) groups excluding carboxylic acids is 1. The van der Waals surface area contributed by atoms with Crippen LogP contribution in [0.5, 0.6) is 0 Å². The van der Waals surface area contributed by atoms with Crippen molar-refractivity contribution >= 4 is 5.97 Å². The standard InChI is InChI=1S/C13H20O2/c1-8(2)9(3)7-11-10(4)13(5,6)15-12(11)14/h8H,3,7H2,1-2,4-6H3. The monoisotopic (exact) mass is 208 g/mol. The molecule has 0 N–H and O–H groups in total. The van der Waals surface area contributed by atoms with Gasteiger partial charge in [-0.1, -0.05) is 26.0 Å². The average Bonchev–Trinajstić information content (AvgIpc) is 2.27. The number of hydrogen-bond acceptors (Lipinski definition) is 2. The Hall–Kier alpha value is -1.05. The third-order valence-corrected chi connectivity index (χ3v) is 3.17. The highest BCUT2D eigenvalue weighted by Crippen LogP contribution is 2.35. The second kappa shape index (κ2) is 3.84. The van der Waals surface area contributed by atoms with Gasteiger partial charge in [-0.2, -0.15) is 0 Å². The molecule has 0 aromatic carbocycles. The van der Waals surface area contributed by atoms with Crippen LogP contribution in [0.2, 0.25) is 0 Å². The number of cyclic esters (lactones) is 1. The summed E-state index contributed by atoms with van der Waals surface area (Å²) in [4.78, 5) is 11.6. The van der Waals surface area contributed by atoms with Gasteiger partial charge in [-0.15, -0.1) is 0 Å². The maximum absolute atomic E-state index is 11.6. The van der Waals surface area contributed by atoms with Crippen LogP contribution < -0.4 is 0 Å². The highest BCUT2D eigenvalue weighted by Gasteiger charge is 2.37. The minimum atomic E-state index is -0.441. The Morgan fingerprint density at radius 3 is 2.33 bits per heavy atom. The first kappa shape index (κ1) is 12.0. The van der Waals surface area contributed by atoms with Crippen LogP contribution >= 0.6 is 0 Å². The predicted molar refractivity (Wildman–Crippen MR) is 61.5 cm³/mol. The summed E-state index contributed by atoms with van der Waals surface area (Å²) >= 11 is 0. The van der Waals surface area contributed by atoms with Crippen molar-refractivity contribution in [3.05, 3.63) is 23.3 Å². The van der Waals surface area contributed by atoms with Crippen molar-refractivity contribution in [2.45, 2.75) is 46.6 Å². The van der Waals surface area contributed by atoms with E-state index in [0.29, 0.717) is 12.3 Å². The summed E-state index contributed by atoms with van der Waals surface area (Å²) in [6.07, 6.45) is 0.645. The lowest BCUT2D eigenvalue weighted by Gasteiger charge is -2.18. The fourth-order valence-electron chi connectivity index (χ4n) is 1.52. The Morgan fingerprint density at radius 1 is 1.47 bits per heavy atom. The van der Waals surface area contributed by atoms with E-state index in [0.717, 1.165) is 16.7 Å². The fraction of sp³-hybridized carbons (Fsp3) is 0.615. The second-order valence-corrected chi connectivity index (χ2v) is 4.99. The first-order valence-electron chi connectivity index (χ1n) is 5.37. The van der Waals surface area contributed by atoms with E-state index in [1.807, 2.05) is 20.8 Å². The molecule has 84 valence electrons. The van der Waals surface area contributed by atoms with Gasteiger partial charge in [-0.25, -0.2) is 4.79 Å². The number of ether oxygens (including phenoxy) is 1. The van der Waals surface area contributed by atoms with Gasteiger partial charge in [0.2, 0.25) is 0 Å². The number of hydrogen-bond donors (Lipinski definition) is 0. The van der Waals surface area contributed by atoms with Crippen molar-refractivity contribution < 1.29 is 9.53 Å². The summed E-state index contributed by atoms with van der Waals surface area (Å²) in [6.45, 7) is 14.0. The lowest BCUT2D eigenvalue weighted by atomic mass is 9.91. The molecule has 2 heteroatoms. The summed E-state index contributed by atoms with van der Waals surface area (Å²) in [6, 6.07) is 0.